The van der Waals surface area contributed by atoms with E-state index < -0.39 is 0 Å². The number of carbonyl (C=O) groups is 1. The minimum Gasteiger partial charge on any atom is -0.379 e. The Kier molecular flexibility index (Phi) is 10.5. The van der Waals surface area contributed by atoms with E-state index in [-0.39, 0.29) is 36.6 Å². The fourth-order valence-corrected chi connectivity index (χ4v) is 3.77. The number of halogens is 2. The number of carbonyl (C=O) groups excluding carboxylic acids is 1. The van der Waals surface area contributed by atoms with Crippen LogP contribution >= 0.6 is 24.8 Å². The quantitative estimate of drug-likeness (QED) is 0.817. The zero-order valence-corrected chi connectivity index (χ0v) is 16.9. The van der Waals surface area contributed by atoms with Crippen molar-refractivity contribution in [2.75, 3.05) is 52.5 Å². The summed E-state index contributed by atoms with van der Waals surface area (Å²) in [5.41, 5.74) is 6.93. The summed E-state index contributed by atoms with van der Waals surface area (Å²) in [4.78, 5) is 17.4. The van der Waals surface area contributed by atoms with Gasteiger partial charge in [0, 0.05) is 39.3 Å². The summed E-state index contributed by atoms with van der Waals surface area (Å²) in [6, 6.07) is 9.92. The zero-order chi connectivity index (χ0) is 16.8. The summed E-state index contributed by atoms with van der Waals surface area (Å²) in [6.07, 6.45) is 2.18. The Morgan fingerprint density at radius 1 is 1.08 bits per heavy atom. The molecule has 148 valence electrons. The molecule has 2 saturated heterocycles. The van der Waals surface area contributed by atoms with Crippen molar-refractivity contribution in [2.24, 2.45) is 11.7 Å². The molecule has 3 rings (SSSR count). The van der Waals surface area contributed by atoms with Gasteiger partial charge in [0.05, 0.1) is 19.1 Å². The molecule has 0 saturated carbocycles. The second-order valence-electron chi connectivity index (χ2n) is 6.88. The van der Waals surface area contributed by atoms with Gasteiger partial charge in [-0.3, -0.25) is 9.69 Å². The van der Waals surface area contributed by atoms with Crippen LogP contribution in [0, 0.1) is 5.92 Å². The Bertz CT molecular complexity index is 519. The molecule has 0 aliphatic carbocycles. The number of rotatable bonds is 5. The van der Waals surface area contributed by atoms with Crippen molar-refractivity contribution in [3.05, 3.63) is 35.9 Å². The number of ether oxygens (including phenoxy) is 1. The lowest BCUT2D eigenvalue weighted by molar-refractivity contribution is -0.134. The maximum absolute atomic E-state index is 12.8. The maximum atomic E-state index is 12.8. The van der Waals surface area contributed by atoms with Gasteiger partial charge in [0.25, 0.3) is 0 Å². The Morgan fingerprint density at radius 3 is 2.27 bits per heavy atom. The van der Waals surface area contributed by atoms with Crippen LogP contribution in [0.5, 0.6) is 0 Å². The van der Waals surface area contributed by atoms with E-state index in [1.165, 1.54) is 0 Å². The molecule has 1 amide bonds. The van der Waals surface area contributed by atoms with Crippen molar-refractivity contribution in [3.8, 4) is 0 Å². The minimum atomic E-state index is -0.206. The first-order chi connectivity index (χ1) is 11.8. The molecule has 2 aliphatic rings. The standard InChI is InChI=1S/C19H29N3O2.2ClH/c20-14-18(17-4-2-1-3-5-17)19(23)22-8-6-16(7-9-22)15-21-10-12-24-13-11-21;;/h1-5,16,18H,6-15,20H2;2*1H. The summed E-state index contributed by atoms with van der Waals surface area (Å²) in [5.74, 6) is 0.677. The van der Waals surface area contributed by atoms with Crippen molar-refractivity contribution in [1.82, 2.24) is 9.80 Å². The third-order valence-corrected chi connectivity index (χ3v) is 5.28. The summed E-state index contributed by atoms with van der Waals surface area (Å²) in [6.45, 7) is 7.03. The van der Waals surface area contributed by atoms with E-state index in [2.05, 4.69) is 4.90 Å². The number of morpholine rings is 1. The topological polar surface area (TPSA) is 58.8 Å². The highest BCUT2D eigenvalue weighted by molar-refractivity contribution is 5.85. The molecule has 1 atom stereocenters. The van der Waals surface area contributed by atoms with E-state index in [9.17, 15) is 4.79 Å². The van der Waals surface area contributed by atoms with E-state index in [4.69, 9.17) is 10.5 Å². The average molecular weight is 404 g/mol. The van der Waals surface area contributed by atoms with Gasteiger partial charge < -0.3 is 15.4 Å². The normalized spacial score (nSPS) is 20.0. The molecule has 0 aromatic heterocycles. The highest BCUT2D eigenvalue weighted by Gasteiger charge is 2.29. The van der Waals surface area contributed by atoms with Crippen LogP contribution in [0.2, 0.25) is 0 Å². The number of nitrogens with zero attached hydrogens (tertiary/aromatic N) is 2. The molecule has 2 aliphatic heterocycles. The van der Waals surface area contributed by atoms with Crippen LogP contribution in [-0.2, 0) is 9.53 Å². The SMILES string of the molecule is Cl.Cl.NCC(C(=O)N1CCC(CN2CCOCC2)CC1)c1ccccc1. The number of piperidine rings is 1. The second-order valence-corrected chi connectivity index (χ2v) is 6.88. The molecule has 26 heavy (non-hydrogen) atoms. The van der Waals surface area contributed by atoms with Crippen molar-refractivity contribution in [2.45, 2.75) is 18.8 Å². The Balaban J connectivity index is 0.00000169. The summed E-state index contributed by atoms with van der Waals surface area (Å²) in [7, 11) is 0. The average Bonchev–Trinajstić information content (AvgIpc) is 2.65. The first kappa shape index (κ1) is 23.2. The predicted octanol–water partition coefficient (Wildman–Crippen LogP) is 2.14. The second kappa shape index (κ2) is 11.8. The first-order valence-electron chi connectivity index (χ1n) is 9.12. The number of hydrogen-bond donors (Lipinski definition) is 1. The molecule has 0 radical (unpaired) electrons. The van der Waals surface area contributed by atoms with Gasteiger partial charge in [0.1, 0.15) is 0 Å². The predicted molar refractivity (Wildman–Crippen MR) is 109 cm³/mol. The largest absolute Gasteiger partial charge is 0.379 e. The van der Waals surface area contributed by atoms with Crippen molar-refractivity contribution < 1.29 is 9.53 Å². The van der Waals surface area contributed by atoms with Crippen LogP contribution in [0.1, 0.15) is 24.3 Å². The minimum absolute atomic E-state index is 0. The van der Waals surface area contributed by atoms with Crippen molar-refractivity contribution in [3.63, 3.8) is 0 Å². The monoisotopic (exact) mass is 403 g/mol. The number of nitrogens with two attached hydrogens (primary N) is 1. The van der Waals surface area contributed by atoms with Crippen LogP contribution in [-0.4, -0.2) is 68.2 Å². The zero-order valence-electron chi connectivity index (χ0n) is 15.2. The van der Waals surface area contributed by atoms with E-state index in [0.717, 1.165) is 64.3 Å². The smallest absolute Gasteiger partial charge is 0.231 e. The third-order valence-electron chi connectivity index (χ3n) is 5.28. The highest BCUT2D eigenvalue weighted by Crippen LogP contribution is 2.23. The first-order valence-corrected chi connectivity index (χ1v) is 9.12. The Morgan fingerprint density at radius 2 is 1.69 bits per heavy atom. The number of amides is 1. The van der Waals surface area contributed by atoms with Gasteiger partial charge in [-0.25, -0.2) is 0 Å². The van der Waals surface area contributed by atoms with Crippen LogP contribution in [0.25, 0.3) is 0 Å². The van der Waals surface area contributed by atoms with Crippen LogP contribution in [0.4, 0.5) is 0 Å². The van der Waals surface area contributed by atoms with Crippen molar-refractivity contribution in [1.29, 1.82) is 0 Å². The molecule has 1 aromatic rings. The van der Waals surface area contributed by atoms with Crippen LogP contribution in [0.15, 0.2) is 30.3 Å². The molecule has 2 heterocycles. The summed E-state index contributed by atoms with van der Waals surface area (Å²) >= 11 is 0. The number of hydrogen-bond acceptors (Lipinski definition) is 4. The van der Waals surface area contributed by atoms with Gasteiger partial charge in [0.2, 0.25) is 5.91 Å². The highest BCUT2D eigenvalue weighted by atomic mass is 35.5. The summed E-state index contributed by atoms with van der Waals surface area (Å²) in [5, 5.41) is 0. The van der Waals surface area contributed by atoms with Gasteiger partial charge in [0.15, 0.2) is 0 Å². The van der Waals surface area contributed by atoms with Gasteiger partial charge in [-0.05, 0) is 24.3 Å². The lowest BCUT2D eigenvalue weighted by atomic mass is 9.93. The van der Waals surface area contributed by atoms with Crippen molar-refractivity contribution >= 4 is 30.7 Å². The van der Waals surface area contributed by atoms with E-state index in [1.54, 1.807) is 0 Å². The molecule has 2 N–H and O–H groups in total. The van der Waals surface area contributed by atoms with Gasteiger partial charge in [-0.2, -0.15) is 0 Å². The molecule has 1 unspecified atom stereocenters. The molecule has 7 heteroatoms. The third kappa shape index (κ3) is 6.10. The molecular weight excluding hydrogens is 373 g/mol. The lowest BCUT2D eigenvalue weighted by Gasteiger charge is -2.37. The Hall–Kier alpha value is -0.850. The van der Waals surface area contributed by atoms with Crippen LogP contribution in [0.3, 0.4) is 0 Å². The molecule has 1 aromatic carbocycles. The summed E-state index contributed by atoms with van der Waals surface area (Å²) < 4.78 is 5.41. The molecule has 0 bridgehead atoms. The number of likely N-dealkylation sites (tertiary alicyclic amines) is 1. The maximum Gasteiger partial charge on any atom is 0.231 e. The molecular formula is C19H31Cl2N3O2. The van der Waals surface area contributed by atoms with E-state index in [1.807, 2.05) is 35.2 Å². The fourth-order valence-electron chi connectivity index (χ4n) is 3.77. The Labute approximate surface area is 169 Å². The van der Waals surface area contributed by atoms with Gasteiger partial charge in [-0.1, -0.05) is 30.3 Å². The van der Waals surface area contributed by atoms with Gasteiger partial charge >= 0.3 is 0 Å². The number of benzene rings is 1. The molecule has 0 spiro atoms. The van der Waals surface area contributed by atoms with Crippen LogP contribution < -0.4 is 5.73 Å². The molecule has 5 nitrogen and oxygen atoms in total. The van der Waals surface area contributed by atoms with Gasteiger partial charge in [-0.15, -0.1) is 24.8 Å². The fraction of sp³-hybridized carbons (Fsp3) is 0.632. The van der Waals surface area contributed by atoms with E-state index >= 15 is 0 Å². The lowest BCUT2D eigenvalue weighted by Crippen LogP contribution is -2.46. The van der Waals surface area contributed by atoms with E-state index in [0.29, 0.717) is 12.5 Å². The molecule has 2 fully saturated rings.